The van der Waals surface area contributed by atoms with Gasteiger partial charge in [-0.1, -0.05) is 53.8 Å². The van der Waals surface area contributed by atoms with Crippen molar-refractivity contribution in [3.63, 3.8) is 0 Å². The Labute approximate surface area is 220 Å². The van der Waals surface area contributed by atoms with Gasteiger partial charge in [-0.05, 0) is 43.5 Å². The van der Waals surface area contributed by atoms with Gasteiger partial charge in [0.05, 0.1) is 22.5 Å². The van der Waals surface area contributed by atoms with Gasteiger partial charge >= 0.3 is 0 Å². The van der Waals surface area contributed by atoms with E-state index in [0.29, 0.717) is 38.4 Å². The summed E-state index contributed by atoms with van der Waals surface area (Å²) in [7, 11) is 0. The molecular formula is C28H22N4O3S2. The van der Waals surface area contributed by atoms with Crippen LogP contribution in [0, 0.1) is 0 Å². The molecule has 0 radical (unpaired) electrons. The highest BCUT2D eigenvalue weighted by molar-refractivity contribution is 7.10. The van der Waals surface area contributed by atoms with E-state index in [1.165, 1.54) is 22.7 Å². The van der Waals surface area contributed by atoms with Crippen LogP contribution < -0.4 is 25.1 Å². The molecule has 7 nitrogen and oxygen atoms in total. The van der Waals surface area contributed by atoms with Crippen molar-refractivity contribution in [1.82, 2.24) is 4.57 Å². The van der Waals surface area contributed by atoms with Crippen LogP contribution in [0.15, 0.2) is 93.2 Å². The molecular weight excluding hydrogens is 504 g/mol. The zero-order chi connectivity index (χ0) is 25.7. The first kappa shape index (κ1) is 23.3. The number of carbonyl (C=O) groups excluding carboxylic acids is 2. The third-order valence-corrected chi connectivity index (χ3v) is 8.53. The number of nitrogens with zero attached hydrogens (tertiary/aromatic N) is 3. The van der Waals surface area contributed by atoms with E-state index < -0.39 is 6.04 Å². The van der Waals surface area contributed by atoms with Gasteiger partial charge in [0.1, 0.15) is 10.6 Å². The number of rotatable bonds is 4. The van der Waals surface area contributed by atoms with Gasteiger partial charge in [0.15, 0.2) is 4.80 Å². The third kappa shape index (κ3) is 3.70. The molecule has 0 spiro atoms. The molecule has 2 aliphatic heterocycles. The molecule has 184 valence electrons. The van der Waals surface area contributed by atoms with Crippen LogP contribution in [0.1, 0.15) is 30.3 Å². The highest BCUT2D eigenvalue weighted by atomic mass is 32.1. The van der Waals surface area contributed by atoms with Gasteiger partial charge in [-0.2, -0.15) is 0 Å². The second-order valence-corrected chi connectivity index (χ2v) is 10.6. The molecule has 0 bridgehead atoms. The van der Waals surface area contributed by atoms with Crippen molar-refractivity contribution < 1.29 is 9.59 Å². The smallest absolute Gasteiger partial charge is 0.272 e. The van der Waals surface area contributed by atoms with E-state index >= 15 is 0 Å². The molecule has 2 amide bonds. The monoisotopic (exact) mass is 526 g/mol. The van der Waals surface area contributed by atoms with E-state index in [1.54, 1.807) is 16.4 Å². The largest absolute Gasteiger partial charge is 0.322 e. The molecule has 0 unspecified atom stereocenters. The Kier molecular flexibility index (Phi) is 5.73. The molecule has 0 aliphatic carbocycles. The molecule has 2 aliphatic rings. The summed E-state index contributed by atoms with van der Waals surface area (Å²) < 4.78 is 1.90. The number of nitrogens with one attached hydrogen (secondary N) is 1. The number of fused-ring (bicyclic) bond motifs is 2. The maximum atomic E-state index is 14.1. The number of benzene rings is 2. The standard InChI is InChI=1S/C28H22N4O3S2/c1-3-31-19-13-8-7-12-18(19)22(26(31)34)24-27(35)32-23(20-14-9-15-36-20)21(16(2)29-28(32)37-24)25(33)30-17-10-5-4-6-11-17/h4-15,23H,3H2,1-2H3,(H,30,33)/b24-22+/t23-/m1/s1. The fraction of sp³-hybridized carbons (Fsp3) is 0.143. The quantitative estimate of drug-likeness (QED) is 0.441. The van der Waals surface area contributed by atoms with Crippen LogP contribution in [0.5, 0.6) is 0 Å². The molecule has 4 aromatic rings. The molecule has 2 aromatic carbocycles. The van der Waals surface area contributed by atoms with E-state index in [2.05, 4.69) is 10.3 Å². The first-order valence-corrected chi connectivity index (χ1v) is 13.6. The molecule has 0 saturated heterocycles. The Bertz CT molecular complexity index is 1770. The Morgan fingerprint density at radius 2 is 1.78 bits per heavy atom. The van der Waals surface area contributed by atoms with Crippen molar-refractivity contribution in [2.24, 2.45) is 4.99 Å². The summed E-state index contributed by atoms with van der Waals surface area (Å²) in [4.78, 5) is 48.8. The van der Waals surface area contributed by atoms with Crippen LogP contribution in [0.2, 0.25) is 0 Å². The normalized spacial score (nSPS) is 17.9. The molecule has 1 atom stereocenters. The Balaban J connectivity index is 1.57. The maximum absolute atomic E-state index is 14.1. The van der Waals surface area contributed by atoms with Crippen LogP contribution in [0.25, 0.3) is 5.57 Å². The summed E-state index contributed by atoms with van der Waals surface area (Å²) in [5.74, 6) is -0.511. The lowest BCUT2D eigenvalue weighted by Gasteiger charge is -2.24. The van der Waals surface area contributed by atoms with Gasteiger partial charge < -0.3 is 10.2 Å². The summed E-state index contributed by atoms with van der Waals surface area (Å²) in [5, 5.41) is 4.87. The lowest BCUT2D eigenvalue weighted by atomic mass is 10.0. The summed E-state index contributed by atoms with van der Waals surface area (Å²) >= 11 is 2.67. The van der Waals surface area contributed by atoms with Crippen molar-refractivity contribution in [3.8, 4) is 0 Å². The lowest BCUT2D eigenvalue weighted by molar-refractivity contribution is -0.114. The number of hydrogen-bond acceptors (Lipinski definition) is 6. The predicted molar refractivity (Wildman–Crippen MR) is 147 cm³/mol. The maximum Gasteiger partial charge on any atom is 0.272 e. The zero-order valence-electron chi connectivity index (χ0n) is 20.1. The van der Waals surface area contributed by atoms with Crippen molar-refractivity contribution in [2.75, 3.05) is 16.8 Å². The Morgan fingerprint density at radius 1 is 1.03 bits per heavy atom. The average Bonchev–Trinajstić information content (AvgIpc) is 3.60. The number of para-hydroxylation sites is 2. The van der Waals surface area contributed by atoms with Crippen LogP contribution in [-0.4, -0.2) is 22.9 Å². The van der Waals surface area contributed by atoms with E-state index in [4.69, 9.17) is 0 Å². The number of anilines is 2. The minimum absolute atomic E-state index is 0.195. The average molecular weight is 527 g/mol. The lowest BCUT2D eigenvalue weighted by Crippen LogP contribution is -2.41. The second kappa shape index (κ2) is 9.10. The SMILES string of the molecule is CCN1C(=O)/C(=c2/sc3n(c2=O)[C@H](c2cccs2)C(C(=O)Nc2ccccc2)=C(C)N=3)c2ccccc21. The van der Waals surface area contributed by atoms with E-state index in [-0.39, 0.29) is 17.4 Å². The number of allylic oxidation sites excluding steroid dienone is 1. The van der Waals surface area contributed by atoms with Crippen molar-refractivity contribution in [2.45, 2.75) is 19.9 Å². The number of amides is 2. The van der Waals surface area contributed by atoms with Crippen LogP contribution in [0.4, 0.5) is 11.4 Å². The zero-order valence-corrected chi connectivity index (χ0v) is 21.7. The number of carbonyl (C=O) groups is 2. The fourth-order valence-corrected chi connectivity index (χ4v) is 6.87. The number of likely N-dealkylation sites (N-methyl/N-ethyl adjacent to an activating group) is 1. The second-order valence-electron chi connectivity index (χ2n) is 8.68. The first-order chi connectivity index (χ1) is 18.0. The number of aromatic nitrogens is 1. The molecule has 4 heterocycles. The number of thiophene rings is 1. The van der Waals surface area contributed by atoms with Gasteiger partial charge in [0.25, 0.3) is 17.4 Å². The fourth-order valence-electron chi connectivity index (χ4n) is 4.91. The Morgan fingerprint density at radius 3 is 2.51 bits per heavy atom. The van der Waals surface area contributed by atoms with Gasteiger partial charge in [-0.25, -0.2) is 4.99 Å². The summed E-state index contributed by atoms with van der Waals surface area (Å²) in [6, 6.07) is 19.9. The summed E-state index contributed by atoms with van der Waals surface area (Å²) in [5.41, 5.74) is 3.21. The molecule has 2 aromatic heterocycles. The van der Waals surface area contributed by atoms with Crippen LogP contribution >= 0.6 is 22.7 Å². The first-order valence-electron chi connectivity index (χ1n) is 11.9. The number of hydrogen-bond donors (Lipinski definition) is 1. The van der Waals surface area contributed by atoms with Crippen LogP contribution in [0.3, 0.4) is 0 Å². The van der Waals surface area contributed by atoms with Gasteiger partial charge in [-0.3, -0.25) is 19.0 Å². The number of thiazole rings is 1. The topological polar surface area (TPSA) is 83.8 Å². The summed E-state index contributed by atoms with van der Waals surface area (Å²) in [6.45, 7) is 4.20. The third-order valence-electron chi connectivity index (χ3n) is 6.55. The minimum atomic E-state index is -0.650. The van der Waals surface area contributed by atoms with E-state index in [0.717, 1.165) is 16.1 Å². The molecule has 0 fully saturated rings. The predicted octanol–water partition coefficient (Wildman–Crippen LogP) is 3.67. The van der Waals surface area contributed by atoms with Crippen molar-refractivity contribution >= 4 is 51.4 Å². The van der Waals surface area contributed by atoms with Gasteiger partial charge in [-0.15, -0.1) is 11.3 Å². The van der Waals surface area contributed by atoms with Crippen molar-refractivity contribution in [3.05, 3.63) is 114 Å². The Hall–Kier alpha value is -4.08. The van der Waals surface area contributed by atoms with Crippen molar-refractivity contribution in [1.29, 1.82) is 0 Å². The molecule has 1 N–H and O–H groups in total. The minimum Gasteiger partial charge on any atom is -0.322 e. The van der Waals surface area contributed by atoms with Gasteiger partial charge in [0, 0.05) is 22.7 Å². The molecule has 9 heteroatoms. The van der Waals surface area contributed by atoms with Gasteiger partial charge in [0.2, 0.25) is 0 Å². The van der Waals surface area contributed by atoms with E-state index in [1.807, 2.05) is 79.0 Å². The highest BCUT2D eigenvalue weighted by Crippen LogP contribution is 2.36. The molecule has 37 heavy (non-hydrogen) atoms. The molecule has 0 saturated carbocycles. The molecule has 6 rings (SSSR count). The van der Waals surface area contributed by atoms with Crippen LogP contribution in [-0.2, 0) is 9.59 Å². The summed E-state index contributed by atoms with van der Waals surface area (Å²) in [6.07, 6.45) is 0. The van der Waals surface area contributed by atoms with E-state index in [9.17, 15) is 14.4 Å². The highest BCUT2D eigenvalue weighted by Gasteiger charge is 2.36.